The molecule has 0 aromatic rings. The molecule has 2 nitrogen and oxygen atoms in total. The minimum atomic E-state index is -0.457. The van der Waals surface area contributed by atoms with Crippen LogP contribution in [0.15, 0.2) is 24.0 Å². The SMILES string of the molecule is CC#C/C=C1\C=CC2(CCCO2)O1. The maximum absolute atomic E-state index is 5.64. The lowest BCUT2D eigenvalue weighted by Crippen LogP contribution is -2.24. The van der Waals surface area contributed by atoms with Crippen molar-refractivity contribution in [2.45, 2.75) is 25.6 Å². The Balaban J connectivity index is 2.09. The summed E-state index contributed by atoms with van der Waals surface area (Å²) in [4.78, 5) is 0. The van der Waals surface area contributed by atoms with E-state index >= 15 is 0 Å². The van der Waals surface area contributed by atoms with Crippen LogP contribution in [-0.2, 0) is 9.47 Å². The van der Waals surface area contributed by atoms with Crippen LogP contribution in [0.25, 0.3) is 0 Å². The standard InChI is InChI=1S/C11H12O2/c1-2-3-5-10-6-8-11(13-10)7-4-9-12-11/h5-6,8H,4,7,9H2,1H3/b10-5+. The first kappa shape index (κ1) is 8.40. The van der Waals surface area contributed by atoms with E-state index in [1.54, 1.807) is 13.0 Å². The monoisotopic (exact) mass is 176 g/mol. The highest BCUT2D eigenvalue weighted by molar-refractivity contribution is 5.29. The summed E-state index contributed by atoms with van der Waals surface area (Å²) in [5.74, 6) is 5.99. The van der Waals surface area contributed by atoms with Gasteiger partial charge >= 0.3 is 0 Å². The molecule has 2 aliphatic heterocycles. The maximum atomic E-state index is 5.64. The molecule has 0 radical (unpaired) electrons. The molecular weight excluding hydrogens is 164 g/mol. The van der Waals surface area contributed by atoms with Crippen molar-refractivity contribution in [3.63, 3.8) is 0 Å². The number of allylic oxidation sites excluding steroid dienone is 2. The van der Waals surface area contributed by atoms with Crippen molar-refractivity contribution < 1.29 is 9.47 Å². The highest BCUT2D eigenvalue weighted by Crippen LogP contribution is 2.35. The average molecular weight is 176 g/mol. The molecule has 2 heterocycles. The summed E-state index contributed by atoms with van der Waals surface area (Å²) >= 11 is 0. The summed E-state index contributed by atoms with van der Waals surface area (Å²) in [6.45, 7) is 2.59. The minimum absolute atomic E-state index is 0.457. The van der Waals surface area contributed by atoms with Crippen LogP contribution in [0.2, 0.25) is 0 Å². The van der Waals surface area contributed by atoms with Crippen LogP contribution in [0.4, 0.5) is 0 Å². The smallest absolute Gasteiger partial charge is 0.230 e. The summed E-state index contributed by atoms with van der Waals surface area (Å²) in [5, 5.41) is 0. The number of ether oxygens (including phenoxy) is 2. The first-order valence-electron chi connectivity index (χ1n) is 4.49. The van der Waals surface area contributed by atoms with Crippen LogP contribution in [0.5, 0.6) is 0 Å². The fraction of sp³-hybridized carbons (Fsp3) is 0.455. The van der Waals surface area contributed by atoms with Gasteiger partial charge in [-0.1, -0.05) is 5.92 Å². The Morgan fingerprint density at radius 2 is 2.54 bits per heavy atom. The van der Waals surface area contributed by atoms with Crippen LogP contribution in [0, 0.1) is 11.8 Å². The Bertz CT molecular complexity index is 309. The molecule has 0 aliphatic carbocycles. The normalized spacial score (nSPS) is 33.5. The van der Waals surface area contributed by atoms with Gasteiger partial charge in [-0.3, -0.25) is 0 Å². The van der Waals surface area contributed by atoms with Crippen LogP contribution in [0.1, 0.15) is 19.8 Å². The molecule has 1 spiro atoms. The Morgan fingerprint density at radius 3 is 3.23 bits per heavy atom. The van der Waals surface area contributed by atoms with Gasteiger partial charge in [0.1, 0.15) is 5.76 Å². The predicted molar refractivity (Wildman–Crippen MR) is 49.7 cm³/mol. The first-order valence-corrected chi connectivity index (χ1v) is 4.49. The van der Waals surface area contributed by atoms with E-state index in [9.17, 15) is 0 Å². The maximum Gasteiger partial charge on any atom is 0.230 e. The highest BCUT2D eigenvalue weighted by atomic mass is 16.7. The van der Waals surface area contributed by atoms with Gasteiger partial charge in [-0.25, -0.2) is 0 Å². The van der Waals surface area contributed by atoms with E-state index in [0.29, 0.717) is 0 Å². The summed E-state index contributed by atoms with van der Waals surface area (Å²) < 4.78 is 11.2. The van der Waals surface area contributed by atoms with Crippen molar-refractivity contribution in [3.8, 4) is 11.8 Å². The fourth-order valence-corrected chi connectivity index (χ4v) is 1.55. The number of hydrogen-bond acceptors (Lipinski definition) is 2. The van der Waals surface area contributed by atoms with Crippen LogP contribution < -0.4 is 0 Å². The van der Waals surface area contributed by atoms with E-state index < -0.39 is 5.79 Å². The minimum Gasteiger partial charge on any atom is -0.458 e. The van der Waals surface area contributed by atoms with E-state index in [2.05, 4.69) is 11.8 Å². The second-order valence-electron chi connectivity index (χ2n) is 3.14. The molecule has 1 saturated heterocycles. The van der Waals surface area contributed by atoms with Crippen molar-refractivity contribution in [1.29, 1.82) is 0 Å². The van der Waals surface area contributed by atoms with E-state index in [1.165, 1.54) is 0 Å². The second-order valence-corrected chi connectivity index (χ2v) is 3.14. The molecule has 0 aromatic heterocycles. The lowest BCUT2D eigenvalue weighted by Gasteiger charge is -2.20. The lowest BCUT2D eigenvalue weighted by atomic mass is 10.2. The molecule has 0 saturated carbocycles. The zero-order valence-corrected chi connectivity index (χ0v) is 7.67. The van der Waals surface area contributed by atoms with Gasteiger partial charge in [0.05, 0.1) is 6.61 Å². The molecule has 13 heavy (non-hydrogen) atoms. The van der Waals surface area contributed by atoms with Gasteiger partial charge in [-0.05, 0) is 25.5 Å². The summed E-state index contributed by atoms with van der Waals surface area (Å²) in [6.07, 6.45) is 7.68. The number of rotatable bonds is 0. The van der Waals surface area contributed by atoms with Gasteiger partial charge in [-0.15, -0.1) is 5.92 Å². The molecule has 1 unspecified atom stereocenters. The molecule has 2 heteroatoms. The third-order valence-corrected chi connectivity index (χ3v) is 2.17. The molecule has 0 N–H and O–H groups in total. The zero-order chi connectivity index (χ0) is 9.15. The van der Waals surface area contributed by atoms with Gasteiger partial charge in [-0.2, -0.15) is 0 Å². The van der Waals surface area contributed by atoms with Crippen LogP contribution >= 0.6 is 0 Å². The molecule has 1 atom stereocenters. The van der Waals surface area contributed by atoms with E-state index in [1.807, 2.05) is 12.2 Å². The molecular formula is C11H12O2. The van der Waals surface area contributed by atoms with E-state index in [4.69, 9.17) is 9.47 Å². The van der Waals surface area contributed by atoms with Crippen LogP contribution in [-0.4, -0.2) is 12.4 Å². The average Bonchev–Trinajstić information content (AvgIpc) is 2.74. The number of hydrogen-bond donors (Lipinski definition) is 0. The van der Waals surface area contributed by atoms with E-state index in [0.717, 1.165) is 25.2 Å². The molecule has 68 valence electrons. The first-order chi connectivity index (χ1) is 6.35. The third kappa shape index (κ3) is 1.61. The second kappa shape index (κ2) is 3.27. The Morgan fingerprint density at radius 1 is 1.62 bits per heavy atom. The van der Waals surface area contributed by atoms with Crippen molar-refractivity contribution in [2.75, 3.05) is 6.61 Å². The zero-order valence-electron chi connectivity index (χ0n) is 7.67. The quantitative estimate of drug-likeness (QED) is 0.525. The van der Waals surface area contributed by atoms with Crippen molar-refractivity contribution in [3.05, 3.63) is 24.0 Å². The molecule has 2 rings (SSSR count). The summed E-state index contributed by atoms with van der Waals surface area (Å²) in [5.41, 5.74) is 0. The third-order valence-electron chi connectivity index (χ3n) is 2.17. The summed E-state index contributed by atoms with van der Waals surface area (Å²) in [6, 6.07) is 0. The Labute approximate surface area is 78.2 Å². The topological polar surface area (TPSA) is 18.5 Å². The van der Waals surface area contributed by atoms with Crippen molar-refractivity contribution in [1.82, 2.24) is 0 Å². The van der Waals surface area contributed by atoms with Gasteiger partial charge in [0.2, 0.25) is 5.79 Å². The van der Waals surface area contributed by atoms with Crippen LogP contribution in [0.3, 0.4) is 0 Å². The highest BCUT2D eigenvalue weighted by Gasteiger charge is 2.38. The molecule has 1 fully saturated rings. The molecule has 0 bridgehead atoms. The molecule has 2 aliphatic rings. The summed E-state index contributed by atoms with van der Waals surface area (Å²) in [7, 11) is 0. The Kier molecular flexibility index (Phi) is 2.12. The Hall–Kier alpha value is -1.20. The van der Waals surface area contributed by atoms with Crippen molar-refractivity contribution >= 4 is 0 Å². The fourth-order valence-electron chi connectivity index (χ4n) is 1.55. The van der Waals surface area contributed by atoms with Crippen molar-refractivity contribution in [2.24, 2.45) is 0 Å². The van der Waals surface area contributed by atoms with Gasteiger partial charge < -0.3 is 9.47 Å². The van der Waals surface area contributed by atoms with Gasteiger partial charge in [0.15, 0.2) is 0 Å². The predicted octanol–water partition coefficient (Wildman–Crippen LogP) is 1.99. The molecule has 0 amide bonds. The lowest BCUT2D eigenvalue weighted by molar-refractivity contribution is -0.135. The van der Waals surface area contributed by atoms with Gasteiger partial charge in [0.25, 0.3) is 0 Å². The molecule has 0 aromatic carbocycles. The van der Waals surface area contributed by atoms with Gasteiger partial charge in [0, 0.05) is 12.5 Å². The van der Waals surface area contributed by atoms with E-state index in [-0.39, 0.29) is 0 Å². The largest absolute Gasteiger partial charge is 0.458 e.